The van der Waals surface area contributed by atoms with E-state index < -0.39 is 5.92 Å². The van der Waals surface area contributed by atoms with Crippen LogP contribution in [0.5, 0.6) is 0 Å². The molecule has 2 heteroatoms. The lowest BCUT2D eigenvalue weighted by molar-refractivity contribution is 0.0979. The van der Waals surface area contributed by atoms with Crippen molar-refractivity contribution in [3.63, 3.8) is 0 Å². The maximum atomic E-state index is 12.3. The molecule has 112 valence electrons. The standard InChI is InChI=1S/C20H21NO/c1-14(2)16-8-10-17(11-9-16)19(13-21)12-20(22)18-6-4-15(3)5-7-18/h4-11,14,19H,12H2,1-3H3. The van der Waals surface area contributed by atoms with E-state index in [4.69, 9.17) is 0 Å². The molecule has 22 heavy (non-hydrogen) atoms. The highest BCUT2D eigenvalue weighted by Gasteiger charge is 2.17. The van der Waals surface area contributed by atoms with Crippen LogP contribution in [0, 0.1) is 18.3 Å². The van der Waals surface area contributed by atoms with Gasteiger partial charge in [0, 0.05) is 12.0 Å². The van der Waals surface area contributed by atoms with Crippen molar-refractivity contribution in [3.8, 4) is 6.07 Å². The molecule has 0 bridgehead atoms. The summed E-state index contributed by atoms with van der Waals surface area (Å²) in [6, 6.07) is 17.8. The lowest BCUT2D eigenvalue weighted by Crippen LogP contribution is -2.06. The Morgan fingerprint density at radius 1 is 1.00 bits per heavy atom. The summed E-state index contributed by atoms with van der Waals surface area (Å²) < 4.78 is 0. The molecule has 2 aromatic rings. The summed E-state index contributed by atoms with van der Waals surface area (Å²) in [5, 5.41) is 9.40. The van der Waals surface area contributed by atoms with Gasteiger partial charge in [0.05, 0.1) is 12.0 Å². The monoisotopic (exact) mass is 291 g/mol. The maximum absolute atomic E-state index is 12.3. The van der Waals surface area contributed by atoms with Crippen LogP contribution < -0.4 is 0 Å². The zero-order valence-corrected chi connectivity index (χ0v) is 13.3. The minimum atomic E-state index is -0.394. The Balaban J connectivity index is 2.13. The number of benzene rings is 2. The third kappa shape index (κ3) is 3.83. The van der Waals surface area contributed by atoms with E-state index >= 15 is 0 Å². The number of aryl methyl sites for hydroxylation is 1. The number of hydrogen-bond donors (Lipinski definition) is 0. The maximum Gasteiger partial charge on any atom is 0.164 e. The predicted molar refractivity (Wildman–Crippen MR) is 89.0 cm³/mol. The van der Waals surface area contributed by atoms with Gasteiger partial charge < -0.3 is 0 Å². The average Bonchev–Trinajstić information content (AvgIpc) is 2.53. The second-order valence-corrected chi connectivity index (χ2v) is 6.00. The summed E-state index contributed by atoms with van der Waals surface area (Å²) in [5.74, 6) is 0.0817. The van der Waals surface area contributed by atoms with Crippen LogP contribution in [0.3, 0.4) is 0 Å². The Morgan fingerprint density at radius 3 is 2.05 bits per heavy atom. The van der Waals surface area contributed by atoms with Crippen LogP contribution >= 0.6 is 0 Å². The third-order valence-electron chi connectivity index (χ3n) is 3.92. The number of carbonyl (C=O) groups is 1. The molecule has 0 spiro atoms. The molecule has 1 atom stereocenters. The molecule has 0 heterocycles. The van der Waals surface area contributed by atoms with Crippen molar-refractivity contribution in [2.24, 2.45) is 0 Å². The Kier molecular flexibility index (Phi) is 5.12. The Labute approximate surface area is 132 Å². The second-order valence-electron chi connectivity index (χ2n) is 6.00. The smallest absolute Gasteiger partial charge is 0.164 e. The number of ketones is 1. The molecular formula is C20H21NO. The van der Waals surface area contributed by atoms with Gasteiger partial charge in [0.15, 0.2) is 5.78 Å². The van der Waals surface area contributed by atoms with Crippen LogP contribution in [0.4, 0.5) is 0 Å². The SMILES string of the molecule is Cc1ccc(C(=O)CC(C#N)c2ccc(C(C)C)cc2)cc1. The van der Waals surface area contributed by atoms with E-state index in [0.29, 0.717) is 11.5 Å². The van der Waals surface area contributed by atoms with Gasteiger partial charge in [0.25, 0.3) is 0 Å². The second kappa shape index (κ2) is 7.04. The molecule has 2 rings (SSSR count). The number of carbonyl (C=O) groups excluding carboxylic acids is 1. The van der Waals surface area contributed by atoms with Crippen LogP contribution in [0.2, 0.25) is 0 Å². The van der Waals surface area contributed by atoms with Gasteiger partial charge in [-0.3, -0.25) is 4.79 Å². The van der Waals surface area contributed by atoms with Gasteiger partial charge in [0.1, 0.15) is 0 Å². The molecule has 0 aliphatic heterocycles. The zero-order chi connectivity index (χ0) is 16.1. The summed E-state index contributed by atoms with van der Waals surface area (Å²) in [6.07, 6.45) is 0.223. The van der Waals surface area contributed by atoms with Gasteiger partial charge in [-0.15, -0.1) is 0 Å². The molecule has 0 saturated heterocycles. The van der Waals surface area contributed by atoms with Crippen molar-refractivity contribution in [2.45, 2.75) is 39.0 Å². The van der Waals surface area contributed by atoms with Crippen molar-refractivity contribution >= 4 is 5.78 Å². The van der Waals surface area contributed by atoms with Crippen LogP contribution in [-0.2, 0) is 0 Å². The van der Waals surface area contributed by atoms with E-state index in [1.807, 2.05) is 55.5 Å². The quantitative estimate of drug-likeness (QED) is 0.727. The summed E-state index contributed by atoms with van der Waals surface area (Å²) in [4.78, 5) is 12.3. The summed E-state index contributed by atoms with van der Waals surface area (Å²) >= 11 is 0. The number of nitriles is 1. The van der Waals surface area contributed by atoms with Crippen LogP contribution in [0.1, 0.15) is 59.2 Å². The van der Waals surface area contributed by atoms with Gasteiger partial charge in [0.2, 0.25) is 0 Å². The summed E-state index contributed by atoms with van der Waals surface area (Å²) in [7, 11) is 0. The van der Waals surface area contributed by atoms with Gasteiger partial charge in [-0.2, -0.15) is 5.26 Å². The Hall–Kier alpha value is -2.40. The average molecular weight is 291 g/mol. The van der Waals surface area contributed by atoms with Gasteiger partial charge in [-0.25, -0.2) is 0 Å². The highest BCUT2D eigenvalue weighted by atomic mass is 16.1. The topological polar surface area (TPSA) is 40.9 Å². The van der Waals surface area contributed by atoms with Crippen molar-refractivity contribution in [2.75, 3.05) is 0 Å². The minimum Gasteiger partial charge on any atom is -0.294 e. The number of nitrogens with zero attached hydrogens (tertiary/aromatic N) is 1. The lowest BCUT2D eigenvalue weighted by atomic mass is 9.91. The Morgan fingerprint density at radius 2 is 1.55 bits per heavy atom. The van der Waals surface area contributed by atoms with Crippen molar-refractivity contribution in [3.05, 3.63) is 70.8 Å². The fourth-order valence-electron chi connectivity index (χ4n) is 2.39. The predicted octanol–water partition coefficient (Wildman–Crippen LogP) is 5.00. The molecule has 0 aromatic heterocycles. The highest BCUT2D eigenvalue weighted by molar-refractivity contribution is 5.96. The molecular weight excluding hydrogens is 270 g/mol. The molecule has 0 N–H and O–H groups in total. The first-order chi connectivity index (χ1) is 10.5. The third-order valence-corrected chi connectivity index (χ3v) is 3.92. The normalized spacial score (nSPS) is 12.0. The molecule has 0 aliphatic carbocycles. The molecule has 0 saturated carbocycles. The van der Waals surface area contributed by atoms with E-state index in [9.17, 15) is 10.1 Å². The molecule has 0 radical (unpaired) electrons. The Bertz CT molecular complexity index is 675. The van der Waals surface area contributed by atoms with E-state index in [0.717, 1.165) is 11.1 Å². The molecule has 2 aromatic carbocycles. The van der Waals surface area contributed by atoms with Crippen LogP contribution in [-0.4, -0.2) is 5.78 Å². The first-order valence-corrected chi connectivity index (χ1v) is 7.60. The largest absolute Gasteiger partial charge is 0.294 e. The molecule has 2 nitrogen and oxygen atoms in total. The van der Waals surface area contributed by atoms with Crippen molar-refractivity contribution in [1.82, 2.24) is 0 Å². The van der Waals surface area contributed by atoms with Crippen LogP contribution in [0.15, 0.2) is 48.5 Å². The first-order valence-electron chi connectivity index (χ1n) is 7.60. The van der Waals surface area contributed by atoms with E-state index in [-0.39, 0.29) is 12.2 Å². The summed E-state index contributed by atoms with van der Waals surface area (Å²) in [5.41, 5.74) is 3.94. The van der Waals surface area contributed by atoms with Crippen molar-refractivity contribution in [1.29, 1.82) is 5.26 Å². The fourth-order valence-corrected chi connectivity index (χ4v) is 2.39. The van der Waals surface area contributed by atoms with Gasteiger partial charge >= 0.3 is 0 Å². The van der Waals surface area contributed by atoms with Gasteiger partial charge in [-0.05, 0) is 24.0 Å². The zero-order valence-electron chi connectivity index (χ0n) is 13.3. The van der Waals surface area contributed by atoms with Crippen LogP contribution in [0.25, 0.3) is 0 Å². The minimum absolute atomic E-state index is 0.0134. The highest BCUT2D eigenvalue weighted by Crippen LogP contribution is 2.24. The molecule has 0 aliphatic rings. The lowest BCUT2D eigenvalue weighted by Gasteiger charge is -2.11. The molecule has 0 amide bonds. The molecule has 1 unspecified atom stereocenters. The molecule has 0 fully saturated rings. The number of Topliss-reactive ketones (excluding diaryl/α,β-unsaturated/α-hetero) is 1. The number of hydrogen-bond acceptors (Lipinski definition) is 2. The van der Waals surface area contributed by atoms with E-state index in [1.54, 1.807) is 0 Å². The van der Waals surface area contributed by atoms with E-state index in [1.165, 1.54) is 5.56 Å². The number of rotatable bonds is 5. The van der Waals surface area contributed by atoms with E-state index in [2.05, 4.69) is 19.9 Å². The van der Waals surface area contributed by atoms with Crippen molar-refractivity contribution < 1.29 is 4.79 Å². The fraction of sp³-hybridized carbons (Fsp3) is 0.300. The first kappa shape index (κ1) is 16.0. The van der Waals surface area contributed by atoms with Gasteiger partial charge in [-0.1, -0.05) is 67.9 Å². The summed E-state index contributed by atoms with van der Waals surface area (Å²) in [6.45, 7) is 6.26.